The minimum absolute atomic E-state index is 0.170. The number of nitrogens with one attached hydrogen (secondary N) is 1. The summed E-state index contributed by atoms with van der Waals surface area (Å²) >= 11 is 5.34. The van der Waals surface area contributed by atoms with Crippen LogP contribution in [0.15, 0.2) is 30.3 Å². The van der Waals surface area contributed by atoms with E-state index in [9.17, 15) is 4.79 Å². The SMILES string of the molecule is C[C@@H]1COC[C@@H](C)N1C(=S)NC(=O)c1ccccc1. The van der Waals surface area contributed by atoms with Crippen molar-refractivity contribution in [3.63, 3.8) is 0 Å². The van der Waals surface area contributed by atoms with Gasteiger partial charge >= 0.3 is 0 Å². The number of amides is 1. The molecular formula is C14H18N2O2S. The third kappa shape index (κ3) is 3.30. The molecule has 5 heteroatoms. The molecule has 0 aliphatic carbocycles. The van der Waals surface area contributed by atoms with E-state index in [2.05, 4.69) is 5.32 Å². The van der Waals surface area contributed by atoms with Crippen LogP contribution in [0, 0.1) is 0 Å². The molecule has 102 valence electrons. The van der Waals surface area contributed by atoms with Crippen LogP contribution in [0.5, 0.6) is 0 Å². The molecule has 1 aromatic carbocycles. The number of benzene rings is 1. The van der Waals surface area contributed by atoms with Crippen molar-refractivity contribution in [2.45, 2.75) is 25.9 Å². The lowest BCUT2D eigenvalue weighted by molar-refractivity contribution is -0.000888. The Morgan fingerprint density at radius 3 is 2.42 bits per heavy atom. The van der Waals surface area contributed by atoms with Gasteiger partial charge in [-0.1, -0.05) is 18.2 Å². The lowest BCUT2D eigenvalue weighted by atomic mass is 10.2. The predicted molar refractivity (Wildman–Crippen MR) is 78.1 cm³/mol. The number of thiocarbonyl (C=S) groups is 1. The summed E-state index contributed by atoms with van der Waals surface area (Å²) in [5, 5.41) is 3.26. The van der Waals surface area contributed by atoms with Crippen LogP contribution in [0.1, 0.15) is 24.2 Å². The number of hydrogen-bond acceptors (Lipinski definition) is 3. The smallest absolute Gasteiger partial charge is 0.257 e. The second-order valence-corrected chi connectivity index (χ2v) is 5.15. The predicted octanol–water partition coefficient (Wildman–Crippen LogP) is 1.81. The highest BCUT2D eigenvalue weighted by Crippen LogP contribution is 2.13. The van der Waals surface area contributed by atoms with Crippen LogP contribution >= 0.6 is 12.2 Å². The topological polar surface area (TPSA) is 41.6 Å². The fourth-order valence-corrected chi connectivity index (χ4v) is 2.68. The molecule has 2 rings (SSSR count). The Balaban J connectivity index is 2.02. The summed E-state index contributed by atoms with van der Waals surface area (Å²) in [4.78, 5) is 14.1. The second kappa shape index (κ2) is 6.12. The molecule has 1 aliphatic heterocycles. The Hall–Kier alpha value is -1.46. The molecule has 1 N–H and O–H groups in total. The van der Waals surface area contributed by atoms with Gasteiger partial charge in [-0.05, 0) is 38.2 Å². The normalized spacial score (nSPS) is 22.9. The van der Waals surface area contributed by atoms with Crippen molar-refractivity contribution in [3.8, 4) is 0 Å². The average molecular weight is 278 g/mol. The van der Waals surface area contributed by atoms with Crippen molar-refractivity contribution in [1.29, 1.82) is 0 Å². The molecule has 0 bridgehead atoms. The summed E-state index contributed by atoms with van der Waals surface area (Å²) in [7, 11) is 0. The van der Waals surface area contributed by atoms with Crippen LogP contribution in [0.3, 0.4) is 0 Å². The number of rotatable bonds is 1. The molecule has 2 atom stereocenters. The Morgan fingerprint density at radius 1 is 1.26 bits per heavy atom. The number of carbonyl (C=O) groups excluding carboxylic acids is 1. The monoisotopic (exact) mass is 278 g/mol. The van der Waals surface area contributed by atoms with E-state index in [1.807, 2.05) is 36.9 Å². The van der Waals surface area contributed by atoms with Crippen LogP contribution in [0.25, 0.3) is 0 Å². The summed E-state index contributed by atoms with van der Waals surface area (Å²) in [6.45, 7) is 5.34. The van der Waals surface area contributed by atoms with E-state index in [1.54, 1.807) is 12.1 Å². The molecule has 1 heterocycles. The van der Waals surface area contributed by atoms with E-state index in [0.717, 1.165) is 0 Å². The lowest BCUT2D eigenvalue weighted by Gasteiger charge is -2.40. The Labute approximate surface area is 118 Å². The van der Waals surface area contributed by atoms with Crippen molar-refractivity contribution in [2.24, 2.45) is 0 Å². The highest BCUT2D eigenvalue weighted by molar-refractivity contribution is 7.80. The first-order valence-electron chi connectivity index (χ1n) is 6.36. The van der Waals surface area contributed by atoms with Gasteiger partial charge in [0.05, 0.1) is 25.3 Å². The standard InChI is InChI=1S/C14H18N2O2S/c1-10-8-18-9-11(2)16(10)14(19)15-13(17)12-6-4-3-5-7-12/h3-7,10-11H,8-9H2,1-2H3,(H,15,17,19)/t10-,11-/m1/s1. The third-order valence-electron chi connectivity index (χ3n) is 3.16. The van der Waals surface area contributed by atoms with E-state index < -0.39 is 0 Å². The second-order valence-electron chi connectivity index (χ2n) is 4.77. The molecular weight excluding hydrogens is 260 g/mol. The van der Waals surface area contributed by atoms with E-state index in [-0.39, 0.29) is 18.0 Å². The molecule has 0 unspecified atom stereocenters. The van der Waals surface area contributed by atoms with Crippen molar-refractivity contribution in [3.05, 3.63) is 35.9 Å². The van der Waals surface area contributed by atoms with Gasteiger partial charge in [0, 0.05) is 5.56 Å². The van der Waals surface area contributed by atoms with E-state index in [4.69, 9.17) is 17.0 Å². The first kappa shape index (κ1) is 14.0. The van der Waals surface area contributed by atoms with Crippen molar-refractivity contribution in [1.82, 2.24) is 10.2 Å². The highest BCUT2D eigenvalue weighted by Gasteiger charge is 2.28. The van der Waals surface area contributed by atoms with Crippen molar-refractivity contribution in [2.75, 3.05) is 13.2 Å². The molecule has 1 aromatic rings. The van der Waals surface area contributed by atoms with Crippen LogP contribution in [-0.2, 0) is 4.74 Å². The van der Waals surface area contributed by atoms with Crippen LogP contribution in [0.2, 0.25) is 0 Å². The van der Waals surface area contributed by atoms with Crippen LogP contribution in [0.4, 0.5) is 0 Å². The zero-order chi connectivity index (χ0) is 13.8. The summed E-state index contributed by atoms with van der Waals surface area (Å²) in [5.41, 5.74) is 0.610. The number of nitrogens with zero attached hydrogens (tertiary/aromatic N) is 1. The van der Waals surface area contributed by atoms with Crippen molar-refractivity contribution >= 4 is 23.2 Å². The van der Waals surface area contributed by atoms with Crippen LogP contribution < -0.4 is 5.32 Å². The van der Waals surface area contributed by atoms with Gasteiger partial charge in [0.25, 0.3) is 5.91 Å². The first-order chi connectivity index (χ1) is 9.09. The fourth-order valence-electron chi connectivity index (χ4n) is 2.23. The Morgan fingerprint density at radius 2 is 1.84 bits per heavy atom. The Kier molecular flexibility index (Phi) is 4.50. The highest BCUT2D eigenvalue weighted by atomic mass is 32.1. The van der Waals surface area contributed by atoms with E-state index >= 15 is 0 Å². The third-order valence-corrected chi connectivity index (χ3v) is 3.47. The molecule has 1 fully saturated rings. The van der Waals surface area contributed by atoms with Gasteiger partial charge in [-0.25, -0.2) is 0 Å². The van der Waals surface area contributed by atoms with Gasteiger partial charge < -0.3 is 9.64 Å². The molecule has 1 aliphatic rings. The number of morpholine rings is 1. The number of ether oxygens (including phenoxy) is 1. The minimum atomic E-state index is -0.170. The first-order valence-corrected chi connectivity index (χ1v) is 6.77. The summed E-state index contributed by atoms with van der Waals surface area (Å²) < 4.78 is 5.45. The maximum absolute atomic E-state index is 12.1. The largest absolute Gasteiger partial charge is 0.377 e. The molecule has 0 spiro atoms. The number of carbonyl (C=O) groups is 1. The molecule has 0 aromatic heterocycles. The zero-order valence-corrected chi connectivity index (χ0v) is 11.9. The van der Waals surface area contributed by atoms with Gasteiger partial charge in [0.2, 0.25) is 0 Å². The quantitative estimate of drug-likeness (QED) is 0.796. The summed E-state index contributed by atoms with van der Waals surface area (Å²) in [5.74, 6) is -0.170. The number of hydrogen-bond donors (Lipinski definition) is 1. The maximum Gasteiger partial charge on any atom is 0.257 e. The van der Waals surface area contributed by atoms with Gasteiger partial charge in [0.15, 0.2) is 5.11 Å². The van der Waals surface area contributed by atoms with E-state index in [1.165, 1.54) is 0 Å². The Bertz CT molecular complexity index is 454. The van der Waals surface area contributed by atoms with Gasteiger partial charge in [-0.3, -0.25) is 10.1 Å². The zero-order valence-electron chi connectivity index (χ0n) is 11.1. The molecule has 0 radical (unpaired) electrons. The molecule has 0 saturated carbocycles. The maximum atomic E-state index is 12.1. The molecule has 19 heavy (non-hydrogen) atoms. The fraction of sp³-hybridized carbons (Fsp3) is 0.429. The summed E-state index contributed by atoms with van der Waals surface area (Å²) in [6.07, 6.45) is 0. The minimum Gasteiger partial charge on any atom is -0.377 e. The van der Waals surface area contributed by atoms with Gasteiger partial charge in [-0.2, -0.15) is 0 Å². The van der Waals surface area contributed by atoms with Gasteiger partial charge in [0.1, 0.15) is 0 Å². The van der Waals surface area contributed by atoms with Crippen LogP contribution in [-0.4, -0.2) is 41.2 Å². The van der Waals surface area contributed by atoms with Gasteiger partial charge in [-0.15, -0.1) is 0 Å². The molecule has 1 amide bonds. The average Bonchev–Trinajstić information content (AvgIpc) is 2.39. The summed E-state index contributed by atoms with van der Waals surface area (Å²) in [6, 6.07) is 9.42. The molecule has 4 nitrogen and oxygen atoms in total. The lowest BCUT2D eigenvalue weighted by Crippen LogP contribution is -2.56. The van der Waals surface area contributed by atoms with Crippen molar-refractivity contribution < 1.29 is 9.53 Å². The molecule has 1 saturated heterocycles. The van der Waals surface area contributed by atoms with E-state index in [0.29, 0.717) is 23.9 Å².